The van der Waals surface area contributed by atoms with Gasteiger partial charge in [-0.15, -0.1) is 0 Å². The number of hydrogen-bond donors (Lipinski definition) is 1. The first-order valence-corrected chi connectivity index (χ1v) is 6.99. The van der Waals surface area contributed by atoms with Crippen LogP contribution in [0.15, 0.2) is 35.4 Å². The van der Waals surface area contributed by atoms with Crippen molar-refractivity contribution < 1.29 is 14.3 Å². The lowest BCUT2D eigenvalue weighted by Crippen LogP contribution is -2.44. The molecule has 0 aliphatic carbocycles. The third-order valence-electron chi connectivity index (χ3n) is 3.67. The molecule has 1 aromatic rings. The van der Waals surface area contributed by atoms with Crippen LogP contribution in [0.1, 0.15) is 13.3 Å². The molecule has 1 saturated heterocycles. The highest BCUT2D eigenvalue weighted by atomic mass is 16.5. The highest BCUT2D eigenvalue weighted by Crippen LogP contribution is 2.24. The Balaban J connectivity index is 1.74. The van der Waals surface area contributed by atoms with Gasteiger partial charge in [0.2, 0.25) is 5.91 Å². The summed E-state index contributed by atoms with van der Waals surface area (Å²) in [6.07, 6.45) is 0.783. The van der Waals surface area contributed by atoms with E-state index in [4.69, 9.17) is 4.74 Å². The van der Waals surface area contributed by atoms with Crippen molar-refractivity contribution in [2.75, 3.05) is 18.2 Å². The molecule has 1 fully saturated rings. The first kappa shape index (κ1) is 13.8. The minimum absolute atomic E-state index is 0.0103. The van der Waals surface area contributed by atoms with Gasteiger partial charge in [0.15, 0.2) is 5.92 Å². The summed E-state index contributed by atoms with van der Waals surface area (Å²) in [6, 6.07) is 9.10. The van der Waals surface area contributed by atoms with Gasteiger partial charge in [0.1, 0.15) is 0 Å². The second-order valence-corrected chi connectivity index (χ2v) is 5.23. The molecular weight excluding hydrogens is 270 g/mol. The van der Waals surface area contributed by atoms with Crippen molar-refractivity contribution in [1.29, 1.82) is 0 Å². The first-order chi connectivity index (χ1) is 10.2. The van der Waals surface area contributed by atoms with Crippen LogP contribution in [0.25, 0.3) is 0 Å². The lowest BCUT2D eigenvalue weighted by atomic mass is 10.0. The van der Waals surface area contributed by atoms with Crippen LogP contribution in [0.5, 0.6) is 0 Å². The molecule has 0 spiro atoms. The number of nitrogens with one attached hydrogen (secondary N) is 1. The van der Waals surface area contributed by atoms with Crippen molar-refractivity contribution in [2.45, 2.75) is 19.4 Å². The van der Waals surface area contributed by atoms with Gasteiger partial charge in [-0.05, 0) is 25.5 Å². The van der Waals surface area contributed by atoms with Gasteiger partial charge < -0.3 is 10.1 Å². The summed E-state index contributed by atoms with van der Waals surface area (Å²) in [4.78, 5) is 24.8. The minimum atomic E-state index is -0.842. The van der Waals surface area contributed by atoms with Crippen molar-refractivity contribution in [2.24, 2.45) is 11.0 Å². The molecule has 2 amide bonds. The van der Waals surface area contributed by atoms with Gasteiger partial charge in [0.25, 0.3) is 5.91 Å². The molecule has 6 heteroatoms. The van der Waals surface area contributed by atoms with E-state index in [-0.39, 0.29) is 17.9 Å². The fourth-order valence-corrected chi connectivity index (χ4v) is 2.55. The molecule has 21 heavy (non-hydrogen) atoms. The van der Waals surface area contributed by atoms with Crippen molar-refractivity contribution in [3.8, 4) is 0 Å². The third kappa shape index (κ3) is 2.67. The van der Waals surface area contributed by atoms with E-state index < -0.39 is 5.92 Å². The van der Waals surface area contributed by atoms with Gasteiger partial charge >= 0.3 is 0 Å². The molecule has 3 rings (SSSR count). The maximum Gasteiger partial charge on any atom is 0.265 e. The first-order valence-electron chi connectivity index (χ1n) is 6.99. The zero-order valence-corrected chi connectivity index (χ0v) is 11.8. The predicted molar refractivity (Wildman–Crippen MR) is 77.9 cm³/mol. The van der Waals surface area contributed by atoms with Crippen molar-refractivity contribution >= 4 is 23.2 Å². The topological polar surface area (TPSA) is 71.0 Å². The molecule has 0 radical (unpaired) electrons. The summed E-state index contributed by atoms with van der Waals surface area (Å²) in [7, 11) is 0. The molecule has 2 aliphatic rings. The molecule has 0 bridgehead atoms. The Morgan fingerprint density at radius 1 is 1.38 bits per heavy atom. The standard InChI is InChI=1S/C15H17N3O3/c1-10-13(14(19)16-11-7-8-21-9-11)15(20)18(17-10)12-5-3-2-4-6-12/h2-6,11,13H,7-9H2,1H3,(H,16,19). The second-order valence-electron chi connectivity index (χ2n) is 5.23. The van der Waals surface area contributed by atoms with Crippen LogP contribution in [0.3, 0.4) is 0 Å². The number of benzene rings is 1. The average molecular weight is 287 g/mol. The molecule has 110 valence electrons. The fourth-order valence-electron chi connectivity index (χ4n) is 2.55. The number of carbonyl (C=O) groups excluding carboxylic acids is 2. The third-order valence-corrected chi connectivity index (χ3v) is 3.67. The summed E-state index contributed by atoms with van der Waals surface area (Å²) in [6.45, 7) is 2.86. The number of para-hydroxylation sites is 1. The Labute approximate surface area is 122 Å². The molecule has 1 N–H and O–H groups in total. The molecule has 2 unspecified atom stereocenters. The molecule has 2 atom stereocenters. The zero-order valence-electron chi connectivity index (χ0n) is 11.8. The number of rotatable bonds is 3. The van der Waals surface area contributed by atoms with Gasteiger partial charge in [-0.1, -0.05) is 18.2 Å². The predicted octanol–water partition coefficient (Wildman–Crippen LogP) is 0.930. The van der Waals surface area contributed by atoms with Crippen LogP contribution in [-0.4, -0.2) is 36.8 Å². The smallest absolute Gasteiger partial charge is 0.265 e. The van der Waals surface area contributed by atoms with Crippen LogP contribution in [0.4, 0.5) is 5.69 Å². The van der Waals surface area contributed by atoms with Crippen molar-refractivity contribution in [3.63, 3.8) is 0 Å². The minimum Gasteiger partial charge on any atom is -0.379 e. The number of hydrazone groups is 1. The molecule has 2 aliphatic heterocycles. The Morgan fingerprint density at radius 3 is 2.81 bits per heavy atom. The number of hydrogen-bond acceptors (Lipinski definition) is 4. The van der Waals surface area contributed by atoms with Gasteiger partial charge in [-0.25, -0.2) is 0 Å². The van der Waals surface area contributed by atoms with Gasteiger partial charge in [-0.3, -0.25) is 9.59 Å². The van der Waals surface area contributed by atoms with Crippen LogP contribution >= 0.6 is 0 Å². The van der Waals surface area contributed by atoms with Crippen molar-refractivity contribution in [1.82, 2.24) is 5.32 Å². The number of ether oxygens (including phenoxy) is 1. The Kier molecular flexibility index (Phi) is 3.70. The second kappa shape index (κ2) is 5.65. The lowest BCUT2D eigenvalue weighted by molar-refractivity contribution is -0.130. The lowest BCUT2D eigenvalue weighted by Gasteiger charge is -2.16. The van der Waals surface area contributed by atoms with E-state index in [9.17, 15) is 9.59 Å². The van der Waals surface area contributed by atoms with Crippen LogP contribution < -0.4 is 10.3 Å². The van der Waals surface area contributed by atoms with Gasteiger partial charge in [-0.2, -0.15) is 10.1 Å². The molecule has 0 aromatic heterocycles. The molecule has 1 aromatic carbocycles. The normalized spacial score (nSPS) is 25.1. The molecular formula is C15H17N3O3. The fraction of sp³-hybridized carbons (Fsp3) is 0.400. The summed E-state index contributed by atoms with van der Waals surface area (Å²) < 4.78 is 5.22. The average Bonchev–Trinajstić information content (AvgIpc) is 3.08. The highest BCUT2D eigenvalue weighted by Gasteiger charge is 2.40. The Hall–Kier alpha value is -2.21. The van der Waals surface area contributed by atoms with E-state index in [1.807, 2.05) is 18.2 Å². The SMILES string of the molecule is CC1=NN(c2ccccc2)C(=O)C1C(=O)NC1CCOC1. The van der Waals surface area contributed by atoms with E-state index in [1.54, 1.807) is 19.1 Å². The number of amides is 2. The van der Waals surface area contributed by atoms with Crippen molar-refractivity contribution in [3.05, 3.63) is 30.3 Å². The number of anilines is 1. The Bertz CT molecular complexity index is 579. The van der Waals surface area contributed by atoms with Crippen LogP contribution in [-0.2, 0) is 14.3 Å². The summed E-state index contributed by atoms with van der Waals surface area (Å²) >= 11 is 0. The largest absolute Gasteiger partial charge is 0.379 e. The van der Waals surface area contributed by atoms with Gasteiger partial charge in [0, 0.05) is 6.61 Å². The van der Waals surface area contributed by atoms with Crippen LogP contribution in [0.2, 0.25) is 0 Å². The number of carbonyl (C=O) groups is 2. The summed E-state index contributed by atoms with van der Waals surface area (Å²) in [5.74, 6) is -1.45. The van der Waals surface area contributed by atoms with E-state index in [1.165, 1.54) is 5.01 Å². The monoisotopic (exact) mass is 287 g/mol. The summed E-state index contributed by atoms with van der Waals surface area (Å²) in [5, 5.41) is 8.38. The number of nitrogens with zero attached hydrogens (tertiary/aromatic N) is 2. The zero-order chi connectivity index (χ0) is 14.8. The van der Waals surface area contributed by atoms with Gasteiger partial charge in [0.05, 0.1) is 24.0 Å². The molecule has 0 saturated carbocycles. The quantitative estimate of drug-likeness (QED) is 0.841. The van der Waals surface area contributed by atoms with E-state index in [2.05, 4.69) is 10.4 Å². The molecule has 2 heterocycles. The maximum atomic E-state index is 12.5. The highest BCUT2D eigenvalue weighted by molar-refractivity contribution is 6.26. The van der Waals surface area contributed by atoms with Crippen LogP contribution in [0, 0.1) is 5.92 Å². The van der Waals surface area contributed by atoms with E-state index >= 15 is 0 Å². The summed E-state index contributed by atoms with van der Waals surface area (Å²) in [5.41, 5.74) is 1.18. The Morgan fingerprint density at radius 2 is 2.14 bits per heavy atom. The van der Waals surface area contributed by atoms with E-state index in [0.29, 0.717) is 24.6 Å². The maximum absolute atomic E-state index is 12.5. The van der Waals surface area contributed by atoms with E-state index in [0.717, 1.165) is 6.42 Å². The molecule has 6 nitrogen and oxygen atoms in total.